The molecule has 3 rings (SSSR count). The minimum Gasteiger partial charge on any atom is -0.445 e. The van der Waals surface area contributed by atoms with E-state index in [9.17, 15) is 4.79 Å². The number of hydrogen-bond donors (Lipinski definition) is 1. The van der Waals surface area contributed by atoms with Crippen molar-refractivity contribution in [3.63, 3.8) is 0 Å². The third-order valence-electron chi connectivity index (χ3n) is 4.62. The molecule has 0 aliphatic carbocycles. The normalized spacial score (nSPS) is 25.8. The summed E-state index contributed by atoms with van der Waals surface area (Å²) in [6, 6.07) is 9.85. The largest absolute Gasteiger partial charge is 0.445 e. The lowest BCUT2D eigenvalue weighted by Crippen LogP contribution is -2.59. The summed E-state index contributed by atoms with van der Waals surface area (Å²) in [7, 11) is 0. The standard InChI is InChI=1S/C17H24N2O2/c20-16(21-13-15-7-2-1-3-8-15)19-12-6-10-17(14-19)9-4-5-11-18-17/h1-3,7-8,18H,4-6,9-14H2/t17-/m0/s1. The van der Waals surface area contributed by atoms with Gasteiger partial charge in [0.15, 0.2) is 0 Å². The first-order valence-electron chi connectivity index (χ1n) is 7.98. The van der Waals surface area contributed by atoms with E-state index in [2.05, 4.69) is 5.32 Å². The van der Waals surface area contributed by atoms with Crippen LogP contribution >= 0.6 is 0 Å². The highest BCUT2D eigenvalue weighted by Crippen LogP contribution is 2.29. The fourth-order valence-corrected chi connectivity index (χ4v) is 3.48. The van der Waals surface area contributed by atoms with Crippen LogP contribution in [0.5, 0.6) is 0 Å². The summed E-state index contributed by atoms with van der Waals surface area (Å²) < 4.78 is 5.46. The van der Waals surface area contributed by atoms with E-state index >= 15 is 0 Å². The molecule has 0 saturated carbocycles. The van der Waals surface area contributed by atoms with Gasteiger partial charge in [0.1, 0.15) is 6.61 Å². The molecular formula is C17H24N2O2. The summed E-state index contributed by atoms with van der Waals surface area (Å²) >= 11 is 0. The summed E-state index contributed by atoms with van der Waals surface area (Å²) in [4.78, 5) is 14.2. The van der Waals surface area contributed by atoms with Gasteiger partial charge in [-0.05, 0) is 37.8 Å². The van der Waals surface area contributed by atoms with Gasteiger partial charge in [0.05, 0.1) is 0 Å². The number of nitrogens with zero attached hydrogens (tertiary/aromatic N) is 1. The van der Waals surface area contributed by atoms with Gasteiger partial charge in [0.2, 0.25) is 0 Å². The summed E-state index contributed by atoms with van der Waals surface area (Å²) in [5.41, 5.74) is 1.18. The zero-order valence-electron chi connectivity index (χ0n) is 12.5. The van der Waals surface area contributed by atoms with Crippen molar-refractivity contribution in [3.8, 4) is 0 Å². The number of nitrogens with one attached hydrogen (secondary N) is 1. The van der Waals surface area contributed by atoms with E-state index in [0.717, 1.165) is 31.6 Å². The number of likely N-dealkylation sites (tertiary alicyclic amines) is 1. The number of ether oxygens (including phenoxy) is 1. The monoisotopic (exact) mass is 288 g/mol. The minimum atomic E-state index is -0.176. The number of carbonyl (C=O) groups is 1. The van der Waals surface area contributed by atoms with Crippen LogP contribution in [0.3, 0.4) is 0 Å². The van der Waals surface area contributed by atoms with Gasteiger partial charge in [0, 0.05) is 18.6 Å². The molecule has 1 aromatic rings. The van der Waals surface area contributed by atoms with Crippen molar-refractivity contribution in [1.29, 1.82) is 0 Å². The SMILES string of the molecule is O=C(OCc1ccccc1)N1CCC[C@@]2(CCCCN2)C1. The molecule has 114 valence electrons. The van der Waals surface area contributed by atoms with E-state index in [-0.39, 0.29) is 11.6 Å². The van der Waals surface area contributed by atoms with Crippen LogP contribution in [0.1, 0.15) is 37.7 Å². The van der Waals surface area contributed by atoms with Crippen LogP contribution < -0.4 is 5.32 Å². The van der Waals surface area contributed by atoms with Crippen molar-refractivity contribution in [2.24, 2.45) is 0 Å². The highest BCUT2D eigenvalue weighted by molar-refractivity contribution is 5.68. The Morgan fingerprint density at radius 2 is 2.00 bits per heavy atom. The van der Waals surface area contributed by atoms with Crippen molar-refractivity contribution in [1.82, 2.24) is 10.2 Å². The summed E-state index contributed by atoms with van der Waals surface area (Å²) in [6.45, 7) is 3.04. The number of rotatable bonds is 2. The molecule has 2 aliphatic rings. The molecule has 21 heavy (non-hydrogen) atoms. The predicted octanol–water partition coefficient (Wildman–Crippen LogP) is 2.93. The lowest BCUT2D eigenvalue weighted by molar-refractivity contribution is 0.0578. The van der Waals surface area contributed by atoms with Crippen LogP contribution in [0.4, 0.5) is 4.79 Å². The molecule has 4 nitrogen and oxygen atoms in total. The maximum atomic E-state index is 12.3. The zero-order valence-corrected chi connectivity index (χ0v) is 12.5. The molecule has 2 fully saturated rings. The van der Waals surface area contributed by atoms with E-state index in [1.807, 2.05) is 35.2 Å². The van der Waals surface area contributed by atoms with Gasteiger partial charge in [-0.3, -0.25) is 0 Å². The van der Waals surface area contributed by atoms with Crippen LogP contribution in [0, 0.1) is 0 Å². The molecule has 4 heteroatoms. The Kier molecular flexibility index (Phi) is 4.44. The first-order valence-corrected chi connectivity index (χ1v) is 7.98. The number of hydrogen-bond acceptors (Lipinski definition) is 3. The molecule has 1 spiro atoms. The maximum Gasteiger partial charge on any atom is 0.410 e. The number of benzene rings is 1. The van der Waals surface area contributed by atoms with Gasteiger partial charge in [-0.15, -0.1) is 0 Å². The maximum absolute atomic E-state index is 12.3. The van der Waals surface area contributed by atoms with E-state index in [4.69, 9.17) is 4.74 Å². The second kappa shape index (κ2) is 6.48. The molecule has 1 aromatic carbocycles. The Morgan fingerprint density at radius 3 is 2.76 bits per heavy atom. The van der Waals surface area contributed by atoms with Crippen LogP contribution in [0.15, 0.2) is 30.3 Å². The van der Waals surface area contributed by atoms with Gasteiger partial charge in [-0.1, -0.05) is 36.8 Å². The van der Waals surface area contributed by atoms with Gasteiger partial charge >= 0.3 is 6.09 Å². The minimum absolute atomic E-state index is 0.141. The molecule has 0 radical (unpaired) electrons. The molecule has 0 unspecified atom stereocenters. The van der Waals surface area contributed by atoms with E-state index in [1.165, 1.54) is 25.7 Å². The number of carbonyl (C=O) groups excluding carboxylic acids is 1. The Morgan fingerprint density at radius 1 is 1.19 bits per heavy atom. The molecule has 2 aliphatic heterocycles. The van der Waals surface area contributed by atoms with Crippen molar-refractivity contribution in [2.75, 3.05) is 19.6 Å². The first-order chi connectivity index (χ1) is 10.3. The van der Waals surface area contributed by atoms with Crippen molar-refractivity contribution < 1.29 is 9.53 Å². The Bertz CT molecular complexity index is 463. The quantitative estimate of drug-likeness (QED) is 0.909. The number of piperidine rings is 2. The average molecular weight is 288 g/mol. The van der Waals surface area contributed by atoms with Crippen molar-refractivity contribution >= 4 is 6.09 Å². The Labute approximate surface area is 126 Å². The summed E-state index contributed by atoms with van der Waals surface area (Å²) in [5.74, 6) is 0. The molecule has 1 N–H and O–H groups in total. The fraction of sp³-hybridized carbons (Fsp3) is 0.588. The second-order valence-corrected chi connectivity index (χ2v) is 6.23. The van der Waals surface area contributed by atoms with E-state index in [1.54, 1.807) is 0 Å². The average Bonchev–Trinajstić information content (AvgIpc) is 2.54. The van der Waals surface area contributed by atoms with E-state index < -0.39 is 0 Å². The lowest BCUT2D eigenvalue weighted by atomic mass is 9.82. The van der Waals surface area contributed by atoms with Crippen LogP contribution in [-0.4, -0.2) is 36.2 Å². The smallest absolute Gasteiger partial charge is 0.410 e. The van der Waals surface area contributed by atoms with Crippen LogP contribution in [0.2, 0.25) is 0 Å². The van der Waals surface area contributed by atoms with Crippen molar-refractivity contribution in [2.45, 2.75) is 44.2 Å². The first kappa shape index (κ1) is 14.4. The van der Waals surface area contributed by atoms with E-state index in [0.29, 0.717) is 6.61 Å². The second-order valence-electron chi connectivity index (χ2n) is 6.23. The van der Waals surface area contributed by atoms with Gasteiger partial charge in [-0.2, -0.15) is 0 Å². The molecule has 1 atom stereocenters. The van der Waals surface area contributed by atoms with Gasteiger partial charge in [-0.25, -0.2) is 4.79 Å². The van der Waals surface area contributed by atoms with Crippen molar-refractivity contribution in [3.05, 3.63) is 35.9 Å². The molecule has 2 saturated heterocycles. The molecular weight excluding hydrogens is 264 g/mol. The molecule has 2 heterocycles. The Hall–Kier alpha value is -1.55. The predicted molar refractivity (Wildman–Crippen MR) is 82.0 cm³/mol. The topological polar surface area (TPSA) is 41.6 Å². The summed E-state index contributed by atoms with van der Waals surface area (Å²) in [5, 5.41) is 3.64. The highest BCUT2D eigenvalue weighted by atomic mass is 16.6. The highest BCUT2D eigenvalue weighted by Gasteiger charge is 2.38. The van der Waals surface area contributed by atoms with Gasteiger partial charge < -0.3 is 15.0 Å². The molecule has 0 bridgehead atoms. The lowest BCUT2D eigenvalue weighted by Gasteiger charge is -2.45. The fourth-order valence-electron chi connectivity index (χ4n) is 3.48. The summed E-state index contributed by atoms with van der Waals surface area (Å²) in [6.07, 6.45) is 5.75. The molecule has 0 aromatic heterocycles. The zero-order chi connectivity index (χ0) is 14.5. The van der Waals surface area contributed by atoms with Crippen LogP contribution in [-0.2, 0) is 11.3 Å². The van der Waals surface area contributed by atoms with Crippen LogP contribution in [0.25, 0.3) is 0 Å². The Balaban J connectivity index is 1.54. The molecule has 1 amide bonds. The third kappa shape index (κ3) is 3.56. The van der Waals surface area contributed by atoms with Gasteiger partial charge in [0.25, 0.3) is 0 Å². The number of amides is 1. The third-order valence-corrected chi connectivity index (χ3v) is 4.62.